The van der Waals surface area contributed by atoms with E-state index in [4.69, 9.17) is 4.74 Å². The maximum atomic E-state index is 11.1. The fourth-order valence-electron chi connectivity index (χ4n) is 3.84. The van der Waals surface area contributed by atoms with Crippen LogP contribution in [0.2, 0.25) is 0 Å². The van der Waals surface area contributed by atoms with Crippen molar-refractivity contribution in [1.29, 1.82) is 0 Å². The topological polar surface area (TPSA) is 41.5 Å². The average Bonchev–Trinajstić information content (AvgIpc) is 2.37. The van der Waals surface area contributed by atoms with Gasteiger partial charge in [-0.2, -0.15) is 0 Å². The Morgan fingerprint density at radius 3 is 2.53 bits per heavy atom. The summed E-state index contributed by atoms with van der Waals surface area (Å²) in [5.74, 6) is 0.860. The number of methoxy groups -OCH3 is 1. The maximum Gasteiger partial charge on any atom is 0.119 e. The van der Waals surface area contributed by atoms with Crippen molar-refractivity contribution < 1.29 is 9.84 Å². The van der Waals surface area contributed by atoms with Crippen molar-refractivity contribution in [3.05, 3.63) is 29.3 Å². The second kappa shape index (κ2) is 4.80. The van der Waals surface area contributed by atoms with Crippen LogP contribution in [0.1, 0.15) is 43.2 Å². The molecule has 104 valence electrons. The van der Waals surface area contributed by atoms with Gasteiger partial charge < -0.3 is 15.2 Å². The van der Waals surface area contributed by atoms with E-state index in [1.807, 2.05) is 18.2 Å². The van der Waals surface area contributed by atoms with Gasteiger partial charge >= 0.3 is 0 Å². The largest absolute Gasteiger partial charge is 0.497 e. The van der Waals surface area contributed by atoms with E-state index in [0.717, 1.165) is 29.7 Å². The highest BCUT2D eigenvalue weighted by molar-refractivity contribution is 5.39. The molecule has 0 radical (unpaired) electrons. The molecule has 0 aliphatic carbocycles. The molecule has 2 fully saturated rings. The lowest BCUT2D eigenvalue weighted by molar-refractivity contribution is -0.0363. The second-order valence-electron chi connectivity index (χ2n) is 6.11. The Labute approximate surface area is 115 Å². The Morgan fingerprint density at radius 2 is 1.95 bits per heavy atom. The quantitative estimate of drug-likeness (QED) is 0.859. The Hall–Kier alpha value is -1.06. The second-order valence-corrected chi connectivity index (χ2v) is 6.11. The van der Waals surface area contributed by atoms with Gasteiger partial charge in [-0.15, -0.1) is 0 Å². The lowest BCUT2D eigenvalue weighted by atomic mass is 9.73. The SMILES string of the molecule is COc1ccc(C2(O)CC3CCCC(C2)N3)c(C)c1. The van der Waals surface area contributed by atoms with Crippen molar-refractivity contribution in [3.8, 4) is 5.75 Å². The zero-order valence-electron chi connectivity index (χ0n) is 11.8. The van der Waals surface area contributed by atoms with Crippen molar-refractivity contribution in [3.63, 3.8) is 0 Å². The van der Waals surface area contributed by atoms with E-state index < -0.39 is 5.60 Å². The molecule has 2 heterocycles. The molecule has 3 heteroatoms. The number of benzene rings is 1. The van der Waals surface area contributed by atoms with E-state index in [1.54, 1.807) is 7.11 Å². The lowest BCUT2D eigenvalue weighted by Gasteiger charge is -2.46. The third kappa shape index (κ3) is 2.37. The average molecular weight is 261 g/mol. The van der Waals surface area contributed by atoms with Gasteiger partial charge in [0.25, 0.3) is 0 Å². The third-order valence-corrected chi connectivity index (χ3v) is 4.68. The first-order valence-electron chi connectivity index (χ1n) is 7.24. The number of rotatable bonds is 2. The molecular formula is C16H23NO2. The number of ether oxygens (including phenoxy) is 1. The molecule has 2 N–H and O–H groups in total. The monoisotopic (exact) mass is 261 g/mol. The molecule has 3 nitrogen and oxygen atoms in total. The van der Waals surface area contributed by atoms with E-state index in [9.17, 15) is 5.11 Å². The van der Waals surface area contributed by atoms with E-state index in [-0.39, 0.29) is 0 Å². The summed E-state index contributed by atoms with van der Waals surface area (Å²) >= 11 is 0. The van der Waals surface area contributed by atoms with Crippen LogP contribution in [0.25, 0.3) is 0 Å². The van der Waals surface area contributed by atoms with Gasteiger partial charge in [0.05, 0.1) is 12.7 Å². The molecule has 0 saturated carbocycles. The fourth-order valence-corrected chi connectivity index (χ4v) is 3.84. The lowest BCUT2D eigenvalue weighted by Crippen LogP contribution is -2.54. The normalized spacial score (nSPS) is 34.1. The fraction of sp³-hybridized carbons (Fsp3) is 0.625. The summed E-state index contributed by atoms with van der Waals surface area (Å²) < 4.78 is 5.25. The Bertz CT molecular complexity index is 460. The van der Waals surface area contributed by atoms with Crippen LogP contribution in [0, 0.1) is 6.92 Å². The molecular weight excluding hydrogens is 238 g/mol. The summed E-state index contributed by atoms with van der Waals surface area (Å²) in [6.07, 6.45) is 5.33. The van der Waals surface area contributed by atoms with Gasteiger partial charge in [-0.3, -0.25) is 0 Å². The number of piperidine rings is 2. The number of aliphatic hydroxyl groups is 1. The van der Waals surface area contributed by atoms with Crippen molar-refractivity contribution in [2.75, 3.05) is 7.11 Å². The van der Waals surface area contributed by atoms with Gasteiger partial charge in [-0.25, -0.2) is 0 Å². The van der Waals surface area contributed by atoms with Crippen molar-refractivity contribution in [1.82, 2.24) is 5.32 Å². The number of aryl methyl sites for hydroxylation is 1. The molecule has 2 unspecified atom stereocenters. The summed E-state index contributed by atoms with van der Waals surface area (Å²) in [5, 5.41) is 14.7. The summed E-state index contributed by atoms with van der Waals surface area (Å²) in [5.41, 5.74) is 1.53. The third-order valence-electron chi connectivity index (χ3n) is 4.68. The predicted molar refractivity (Wildman–Crippen MR) is 75.4 cm³/mol. The summed E-state index contributed by atoms with van der Waals surface area (Å²) in [6.45, 7) is 2.06. The van der Waals surface area contributed by atoms with Crippen LogP contribution in [0.5, 0.6) is 5.75 Å². The zero-order valence-corrected chi connectivity index (χ0v) is 11.8. The predicted octanol–water partition coefficient (Wildman–Crippen LogP) is 2.50. The molecule has 2 aliphatic heterocycles. The minimum Gasteiger partial charge on any atom is -0.497 e. The molecule has 3 rings (SSSR count). The first-order valence-corrected chi connectivity index (χ1v) is 7.24. The standard InChI is InChI=1S/C16H23NO2/c1-11-8-14(19-2)6-7-15(11)16(18)9-12-4-3-5-13(10-16)17-12/h6-8,12-13,17-18H,3-5,9-10H2,1-2H3. The van der Waals surface area contributed by atoms with Gasteiger partial charge in [-0.1, -0.05) is 12.5 Å². The van der Waals surface area contributed by atoms with Gasteiger partial charge in [-0.05, 0) is 55.9 Å². The number of hydrogen-bond acceptors (Lipinski definition) is 3. The van der Waals surface area contributed by atoms with Crippen molar-refractivity contribution in [2.45, 2.75) is 56.7 Å². The van der Waals surface area contributed by atoms with Crippen molar-refractivity contribution >= 4 is 0 Å². The Kier molecular flexibility index (Phi) is 3.27. The molecule has 0 spiro atoms. The highest BCUT2D eigenvalue weighted by atomic mass is 16.5. The van der Waals surface area contributed by atoms with Gasteiger partial charge in [0, 0.05) is 12.1 Å². The number of nitrogens with one attached hydrogen (secondary N) is 1. The number of fused-ring (bicyclic) bond motifs is 2. The van der Waals surface area contributed by atoms with Crippen LogP contribution in [-0.4, -0.2) is 24.3 Å². The molecule has 19 heavy (non-hydrogen) atoms. The molecule has 2 saturated heterocycles. The van der Waals surface area contributed by atoms with Gasteiger partial charge in [0.15, 0.2) is 0 Å². The zero-order chi connectivity index (χ0) is 13.5. The molecule has 2 atom stereocenters. The van der Waals surface area contributed by atoms with Crippen LogP contribution in [0.15, 0.2) is 18.2 Å². The van der Waals surface area contributed by atoms with Crippen LogP contribution >= 0.6 is 0 Å². The summed E-state index contributed by atoms with van der Waals surface area (Å²) in [4.78, 5) is 0. The smallest absolute Gasteiger partial charge is 0.119 e. The minimum atomic E-state index is -0.669. The summed E-state index contributed by atoms with van der Waals surface area (Å²) in [6, 6.07) is 6.95. The molecule has 1 aromatic rings. The highest BCUT2D eigenvalue weighted by Gasteiger charge is 2.42. The first-order chi connectivity index (χ1) is 9.10. The molecule has 2 aliphatic rings. The van der Waals surface area contributed by atoms with Crippen molar-refractivity contribution in [2.24, 2.45) is 0 Å². The minimum absolute atomic E-state index is 0.471. The van der Waals surface area contributed by atoms with Crippen LogP contribution in [-0.2, 0) is 5.60 Å². The molecule has 2 bridgehead atoms. The van der Waals surface area contributed by atoms with Gasteiger partial charge in [0.1, 0.15) is 5.75 Å². The van der Waals surface area contributed by atoms with Crippen LogP contribution in [0.3, 0.4) is 0 Å². The van der Waals surface area contributed by atoms with E-state index in [1.165, 1.54) is 19.3 Å². The molecule has 1 aromatic carbocycles. The maximum absolute atomic E-state index is 11.1. The highest BCUT2D eigenvalue weighted by Crippen LogP contribution is 2.41. The van der Waals surface area contributed by atoms with E-state index >= 15 is 0 Å². The van der Waals surface area contributed by atoms with Gasteiger partial charge in [0.2, 0.25) is 0 Å². The summed E-state index contributed by atoms with van der Waals surface area (Å²) in [7, 11) is 1.68. The number of hydrogen-bond donors (Lipinski definition) is 2. The Balaban J connectivity index is 1.91. The van der Waals surface area contributed by atoms with E-state index in [2.05, 4.69) is 12.2 Å². The van der Waals surface area contributed by atoms with Crippen LogP contribution < -0.4 is 10.1 Å². The van der Waals surface area contributed by atoms with E-state index in [0.29, 0.717) is 12.1 Å². The first kappa shape index (κ1) is 12.9. The molecule has 0 amide bonds. The Morgan fingerprint density at radius 1 is 1.26 bits per heavy atom. The van der Waals surface area contributed by atoms with Crippen LogP contribution in [0.4, 0.5) is 0 Å². The molecule has 0 aromatic heterocycles.